The van der Waals surface area contributed by atoms with E-state index in [0.29, 0.717) is 0 Å². The zero-order valence-corrected chi connectivity index (χ0v) is 13.9. The molecule has 0 saturated carbocycles. The van der Waals surface area contributed by atoms with E-state index >= 15 is 0 Å². The first kappa shape index (κ1) is 19.9. The van der Waals surface area contributed by atoms with Gasteiger partial charge < -0.3 is 16.4 Å². The predicted molar refractivity (Wildman–Crippen MR) is 91.3 cm³/mol. The molecule has 0 aliphatic heterocycles. The molecule has 0 bridgehead atoms. The largest absolute Gasteiger partial charge is 0.329 e. The minimum atomic E-state index is 0.742. The van der Waals surface area contributed by atoms with Crippen molar-refractivity contribution in [2.45, 2.75) is 77.6 Å². The topological polar surface area (TPSA) is 50.1 Å². The third kappa shape index (κ3) is 17.9. The Morgan fingerprint density at radius 1 is 0.550 bits per heavy atom. The van der Waals surface area contributed by atoms with Crippen molar-refractivity contribution in [3.63, 3.8) is 0 Å². The lowest BCUT2D eigenvalue weighted by atomic mass is 10.1. The SMILES string of the molecule is CCCCCCCCCCCCNCCCNCCN. The van der Waals surface area contributed by atoms with Gasteiger partial charge in [-0.15, -0.1) is 0 Å². The molecule has 0 aromatic heterocycles. The van der Waals surface area contributed by atoms with E-state index in [9.17, 15) is 0 Å². The van der Waals surface area contributed by atoms with Crippen molar-refractivity contribution < 1.29 is 0 Å². The lowest BCUT2D eigenvalue weighted by Crippen LogP contribution is -2.26. The quantitative estimate of drug-likeness (QED) is 0.359. The van der Waals surface area contributed by atoms with Crippen LogP contribution >= 0.6 is 0 Å². The molecule has 20 heavy (non-hydrogen) atoms. The van der Waals surface area contributed by atoms with Crippen molar-refractivity contribution in [1.82, 2.24) is 10.6 Å². The maximum Gasteiger partial charge on any atom is 0.00745 e. The monoisotopic (exact) mass is 285 g/mol. The highest BCUT2D eigenvalue weighted by molar-refractivity contribution is 4.53. The summed E-state index contributed by atoms with van der Waals surface area (Å²) in [5, 5.41) is 6.83. The van der Waals surface area contributed by atoms with Crippen LogP contribution < -0.4 is 16.4 Å². The lowest BCUT2D eigenvalue weighted by molar-refractivity contribution is 0.536. The maximum absolute atomic E-state index is 5.41. The molecule has 0 spiro atoms. The molecule has 0 atom stereocenters. The van der Waals surface area contributed by atoms with Gasteiger partial charge in [-0.05, 0) is 32.5 Å². The molecule has 0 aliphatic rings. The molecule has 0 unspecified atom stereocenters. The molecule has 3 heteroatoms. The van der Waals surface area contributed by atoms with Crippen molar-refractivity contribution in [2.75, 3.05) is 32.7 Å². The van der Waals surface area contributed by atoms with Crippen molar-refractivity contribution in [3.8, 4) is 0 Å². The molecule has 0 fully saturated rings. The van der Waals surface area contributed by atoms with Gasteiger partial charge in [0.25, 0.3) is 0 Å². The molecule has 122 valence electrons. The lowest BCUT2D eigenvalue weighted by Gasteiger charge is -2.06. The summed E-state index contributed by atoms with van der Waals surface area (Å²) in [7, 11) is 0. The van der Waals surface area contributed by atoms with E-state index in [1.807, 2.05) is 0 Å². The summed E-state index contributed by atoms with van der Waals surface area (Å²) in [5.41, 5.74) is 5.41. The van der Waals surface area contributed by atoms with Crippen molar-refractivity contribution >= 4 is 0 Å². The molecule has 0 saturated heterocycles. The number of nitrogens with two attached hydrogens (primary N) is 1. The van der Waals surface area contributed by atoms with Crippen LogP contribution in [0.4, 0.5) is 0 Å². The van der Waals surface area contributed by atoms with E-state index in [-0.39, 0.29) is 0 Å². The van der Waals surface area contributed by atoms with E-state index in [4.69, 9.17) is 5.73 Å². The Bertz CT molecular complexity index is 144. The van der Waals surface area contributed by atoms with Gasteiger partial charge in [0.2, 0.25) is 0 Å². The summed E-state index contributed by atoms with van der Waals surface area (Å²) in [6.45, 7) is 7.37. The second-order valence-electron chi connectivity index (χ2n) is 5.82. The smallest absolute Gasteiger partial charge is 0.00745 e. The van der Waals surface area contributed by atoms with Gasteiger partial charge in [0, 0.05) is 13.1 Å². The number of rotatable bonds is 17. The second kappa shape index (κ2) is 18.9. The first-order chi connectivity index (χ1) is 9.91. The fourth-order valence-electron chi connectivity index (χ4n) is 2.43. The van der Waals surface area contributed by atoms with Crippen LogP contribution in [0.5, 0.6) is 0 Å². The molecule has 0 rings (SSSR count). The minimum absolute atomic E-state index is 0.742. The van der Waals surface area contributed by atoms with Gasteiger partial charge in [0.15, 0.2) is 0 Å². The second-order valence-corrected chi connectivity index (χ2v) is 5.82. The molecule has 0 aromatic carbocycles. The molecular weight excluding hydrogens is 246 g/mol. The Balaban J connectivity index is 2.89. The number of nitrogens with one attached hydrogen (secondary N) is 2. The molecular formula is C17H39N3. The number of unbranched alkanes of at least 4 members (excludes halogenated alkanes) is 9. The summed E-state index contributed by atoms with van der Waals surface area (Å²) in [6.07, 6.45) is 15.4. The highest BCUT2D eigenvalue weighted by Crippen LogP contribution is 2.10. The van der Waals surface area contributed by atoms with Crippen LogP contribution in [0.25, 0.3) is 0 Å². The van der Waals surface area contributed by atoms with Gasteiger partial charge in [-0.2, -0.15) is 0 Å². The van der Waals surface area contributed by atoms with Gasteiger partial charge >= 0.3 is 0 Å². The standard InChI is InChI=1S/C17H39N3/c1-2-3-4-5-6-7-8-9-10-11-14-19-15-12-16-20-17-13-18/h19-20H,2-18H2,1H3. The van der Waals surface area contributed by atoms with Crippen LogP contribution in [0.15, 0.2) is 0 Å². The first-order valence-electron chi connectivity index (χ1n) is 9.03. The average molecular weight is 286 g/mol. The highest BCUT2D eigenvalue weighted by atomic mass is 14.9. The highest BCUT2D eigenvalue weighted by Gasteiger charge is 1.93. The van der Waals surface area contributed by atoms with Crippen LogP contribution in [0.3, 0.4) is 0 Å². The third-order valence-corrected chi connectivity index (χ3v) is 3.74. The molecule has 3 nitrogen and oxygen atoms in total. The summed E-state index contributed by atoms with van der Waals surface area (Å²) in [5.74, 6) is 0. The van der Waals surface area contributed by atoms with E-state index in [0.717, 1.165) is 26.2 Å². The van der Waals surface area contributed by atoms with Gasteiger partial charge in [0.1, 0.15) is 0 Å². The summed E-state index contributed by atoms with van der Waals surface area (Å²) in [6, 6.07) is 0. The fourth-order valence-corrected chi connectivity index (χ4v) is 2.43. The van der Waals surface area contributed by atoms with Crippen LogP contribution in [-0.4, -0.2) is 32.7 Å². The Labute approximate surface area is 127 Å². The van der Waals surface area contributed by atoms with Crippen molar-refractivity contribution in [2.24, 2.45) is 5.73 Å². The van der Waals surface area contributed by atoms with E-state index in [1.54, 1.807) is 0 Å². The van der Waals surface area contributed by atoms with Crippen LogP contribution in [0.1, 0.15) is 77.6 Å². The Morgan fingerprint density at radius 3 is 1.55 bits per heavy atom. The number of hydrogen-bond donors (Lipinski definition) is 3. The Morgan fingerprint density at radius 2 is 1.00 bits per heavy atom. The van der Waals surface area contributed by atoms with Gasteiger partial charge in [-0.1, -0.05) is 64.7 Å². The van der Waals surface area contributed by atoms with E-state index < -0.39 is 0 Å². The summed E-state index contributed by atoms with van der Waals surface area (Å²) in [4.78, 5) is 0. The zero-order valence-electron chi connectivity index (χ0n) is 13.9. The molecule has 4 N–H and O–H groups in total. The van der Waals surface area contributed by atoms with Gasteiger partial charge in [0.05, 0.1) is 0 Å². The van der Waals surface area contributed by atoms with E-state index in [1.165, 1.54) is 77.2 Å². The first-order valence-corrected chi connectivity index (χ1v) is 9.03. The van der Waals surface area contributed by atoms with Gasteiger partial charge in [-0.25, -0.2) is 0 Å². The Hall–Kier alpha value is -0.120. The third-order valence-electron chi connectivity index (χ3n) is 3.74. The van der Waals surface area contributed by atoms with E-state index in [2.05, 4.69) is 17.6 Å². The molecule has 0 aliphatic carbocycles. The molecule has 0 heterocycles. The molecule has 0 radical (unpaired) electrons. The predicted octanol–water partition coefficient (Wildman–Crippen LogP) is 3.44. The summed E-state index contributed by atoms with van der Waals surface area (Å²) >= 11 is 0. The maximum atomic E-state index is 5.41. The normalized spacial score (nSPS) is 11.1. The Kier molecular flexibility index (Phi) is 18.8. The fraction of sp³-hybridized carbons (Fsp3) is 1.00. The average Bonchev–Trinajstić information content (AvgIpc) is 2.47. The minimum Gasteiger partial charge on any atom is -0.329 e. The van der Waals surface area contributed by atoms with Crippen molar-refractivity contribution in [1.29, 1.82) is 0 Å². The van der Waals surface area contributed by atoms with Crippen LogP contribution in [0.2, 0.25) is 0 Å². The van der Waals surface area contributed by atoms with Crippen LogP contribution in [0, 0.1) is 0 Å². The zero-order chi connectivity index (χ0) is 14.7. The summed E-state index contributed by atoms with van der Waals surface area (Å²) < 4.78 is 0. The number of hydrogen-bond acceptors (Lipinski definition) is 3. The van der Waals surface area contributed by atoms with Crippen molar-refractivity contribution in [3.05, 3.63) is 0 Å². The molecule has 0 amide bonds. The molecule has 0 aromatic rings. The van der Waals surface area contributed by atoms with Gasteiger partial charge in [-0.3, -0.25) is 0 Å². The van der Waals surface area contributed by atoms with Crippen LogP contribution in [-0.2, 0) is 0 Å².